The molecule has 0 spiro atoms. The Balaban J connectivity index is 1.27. The lowest BCUT2D eigenvalue weighted by atomic mass is 9.88. The Bertz CT molecular complexity index is 1030. The highest BCUT2D eigenvalue weighted by Crippen LogP contribution is 2.27. The van der Waals surface area contributed by atoms with Crippen molar-refractivity contribution in [2.45, 2.75) is 31.6 Å². The highest BCUT2D eigenvalue weighted by molar-refractivity contribution is 5.83. The Labute approximate surface area is 178 Å². The van der Waals surface area contributed by atoms with Crippen molar-refractivity contribution < 1.29 is 4.79 Å². The summed E-state index contributed by atoms with van der Waals surface area (Å²) in [5, 5.41) is 4.38. The molecule has 1 heterocycles. The molecule has 3 heteroatoms. The standard InChI is InChI=1S/C27H28N2O/c30-27(17-9-14-23-20-29-26-16-8-7-15-25(23)26)28-19-18-24(21-10-3-1-4-11-21)22-12-5-2-6-13-22/h1-8,10-13,15-16,20,24,29H,9,14,17-19H2,(H,28,30). The van der Waals surface area contributed by atoms with Gasteiger partial charge in [-0.25, -0.2) is 0 Å². The smallest absolute Gasteiger partial charge is 0.220 e. The monoisotopic (exact) mass is 396 g/mol. The van der Waals surface area contributed by atoms with Gasteiger partial charge in [-0.3, -0.25) is 4.79 Å². The van der Waals surface area contributed by atoms with Gasteiger partial charge in [0.1, 0.15) is 0 Å². The van der Waals surface area contributed by atoms with Crippen molar-refractivity contribution in [2.24, 2.45) is 0 Å². The molecule has 1 aromatic heterocycles. The number of para-hydroxylation sites is 1. The molecule has 0 saturated carbocycles. The van der Waals surface area contributed by atoms with E-state index in [1.807, 2.05) is 18.2 Å². The molecule has 1 amide bonds. The number of carbonyl (C=O) groups is 1. The van der Waals surface area contributed by atoms with Gasteiger partial charge in [0.2, 0.25) is 5.91 Å². The quantitative estimate of drug-likeness (QED) is 0.367. The van der Waals surface area contributed by atoms with Crippen molar-refractivity contribution in [1.82, 2.24) is 10.3 Å². The van der Waals surface area contributed by atoms with Gasteiger partial charge in [-0.15, -0.1) is 0 Å². The first-order valence-electron chi connectivity index (χ1n) is 10.7. The van der Waals surface area contributed by atoms with E-state index in [0.29, 0.717) is 18.9 Å². The lowest BCUT2D eigenvalue weighted by molar-refractivity contribution is -0.121. The first-order chi connectivity index (χ1) is 14.8. The van der Waals surface area contributed by atoms with Crippen LogP contribution in [0, 0.1) is 0 Å². The second-order valence-electron chi connectivity index (χ2n) is 7.73. The van der Waals surface area contributed by atoms with Crippen molar-refractivity contribution in [3.8, 4) is 0 Å². The lowest BCUT2D eigenvalue weighted by Gasteiger charge is -2.18. The summed E-state index contributed by atoms with van der Waals surface area (Å²) in [5.74, 6) is 0.425. The molecule has 0 atom stereocenters. The van der Waals surface area contributed by atoms with Crippen molar-refractivity contribution >= 4 is 16.8 Å². The van der Waals surface area contributed by atoms with Crippen LogP contribution < -0.4 is 5.32 Å². The van der Waals surface area contributed by atoms with E-state index < -0.39 is 0 Å². The minimum atomic E-state index is 0.134. The highest BCUT2D eigenvalue weighted by atomic mass is 16.1. The van der Waals surface area contributed by atoms with E-state index in [4.69, 9.17) is 0 Å². The summed E-state index contributed by atoms with van der Waals surface area (Å²) in [5.41, 5.74) is 5.02. The number of nitrogens with one attached hydrogen (secondary N) is 2. The molecule has 30 heavy (non-hydrogen) atoms. The lowest BCUT2D eigenvalue weighted by Crippen LogP contribution is -2.25. The van der Waals surface area contributed by atoms with Crippen LogP contribution in [0.5, 0.6) is 0 Å². The Morgan fingerprint density at radius 2 is 1.47 bits per heavy atom. The molecule has 0 radical (unpaired) electrons. The number of amides is 1. The maximum Gasteiger partial charge on any atom is 0.220 e. The van der Waals surface area contributed by atoms with E-state index in [9.17, 15) is 4.79 Å². The van der Waals surface area contributed by atoms with Crippen molar-refractivity contribution in [3.05, 3.63) is 108 Å². The van der Waals surface area contributed by atoms with Gasteiger partial charge < -0.3 is 10.3 Å². The fraction of sp³-hybridized carbons (Fsp3) is 0.222. The molecule has 4 rings (SSSR count). The summed E-state index contributed by atoms with van der Waals surface area (Å²) in [6.45, 7) is 0.681. The Morgan fingerprint density at radius 1 is 0.833 bits per heavy atom. The van der Waals surface area contributed by atoms with E-state index >= 15 is 0 Å². The van der Waals surface area contributed by atoms with Gasteiger partial charge in [0.25, 0.3) is 0 Å². The zero-order valence-electron chi connectivity index (χ0n) is 17.2. The van der Waals surface area contributed by atoms with Gasteiger partial charge in [0.15, 0.2) is 0 Å². The first-order valence-corrected chi connectivity index (χ1v) is 10.7. The van der Waals surface area contributed by atoms with E-state index in [1.54, 1.807) is 0 Å². The summed E-state index contributed by atoms with van der Waals surface area (Å²) >= 11 is 0. The number of fused-ring (bicyclic) bond motifs is 1. The van der Waals surface area contributed by atoms with Crippen LogP contribution in [0.25, 0.3) is 10.9 Å². The molecule has 3 aromatic carbocycles. The van der Waals surface area contributed by atoms with Crippen LogP contribution in [-0.2, 0) is 11.2 Å². The largest absolute Gasteiger partial charge is 0.361 e. The average molecular weight is 397 g/mol. The molecular weight excluding hydrogens is 368 g/mol. The second kappa shape index (κ2) is 9.93. The predicted octanol–water partition coefficient (Wildman–Crippen LogP) is 5.83. The van der Waals surface area contributed by atoms with Crippen molar-refractivity contribution in [3.63, 3.8) is 0 Å². The van der Waals surface area contributed by atoms with Gasteiger partial charge in [-0.1, -0.05) is 78.9 Å². The summed E-state index contributed by atoms with van der Waals surface area (Å²) in [6, 6.07) is 29.4. The molecule has 0 aliphatic heterocycles. The normalized spacial score (nSPS) is 11.1. The fourth-order valence-electron chi connectivity index (χ4n) is 4.12. The van der Waals surface area contributed by atoms with Gasteiger partial charge in [0.05, 0.1) is 0 Å². The average Bonchev–Trinajstić information content (AvgIpc) is 3.21. The molecule has 0 aliphatic carbocycles. The number of aryl methyl sites for hydroxylation is 1. The van der Waals surface area contributed by atoms with Gasteiger partial charge in [-0.05, 0) is 42.0 Å². The number of hydrogen-bond acceptors (Lipinski definition) is 1. The van der Waals surface area contributed by atoms with E-state index in [-0.39, 0.29) is 5.91 Å². The zero-order chi connectivity index (χ0) is 20.6. The maximum atomic E-state index is 12.4. The third-order valence-corrected chi connectivity index (χ3v) is 5.68. The number of hydrogen-bond donors (Lipinski definition) is 2. The number of aromatic amines is 1. The van der Waals surface area contributed by atoms with Crippen LogP contribution in [0.2, 0.25) is 0 Å². The van der Waals surface area contributed by atoms with Crippen LogP contribution in [0.4, 0.5) is 0 Å². The molecule has 0 unspecified atom stereocenters. The predicted molar refractivity (Wildman–Crippen MR) is 124 cm³/mol. The van der Waals surface area contributed by atoms with Crippen molar-refractivity contribution in [1.29, 1.82) is 0 Å². The molecule has 0 bridgehead atoms. The van der Waals surface area contributed by atoms with Gasteiger partial charge >= 0.3 is 0 Å². The van der Waals surface area contributed by atoms with E-state index in [1.165, 1.54) is 22.1 Å². The molecule has 4 aromatic rings. The minimum absolute atomic E-state index is 0.134. The molecular formula is C27H28N2O. The summed E-state index contributed by atoms with van der Waals surface area (Å²) in [6.07, 6.45) is 5.28. The third-order valence-electron chi connectivity index (χ3n) is 5.68. The number of carbonyl (C=O) groups excluding carboxylic acids is 1. The Morgan fingerprint density at radius 3 is 2.17 bits per heavy atom. The van der Waals surface area contributed by atoms with Crippen LogP contribution in [0.1, 0.15) is 41.9 Å². The number of aromatic nitrogens is 1. The SMILES string of the molecule is O=C(CCCc1c[nH]c2ccccc12)NCCC(c1ccccc1)c1ccccc1. The summed E-state index contributed by atoms with van der Waals surface area (Å²) in [7, 11) is 0. The molecule has 0 aliphatic rings. The van der Waals surface area contributed by atoms with E-state index in [2.05, 4.69) is 83.2 Å². The molecule has 2 N–H and O–H groups in total. The highest BCUT2D eigenvalue weighted by Gasteiger charge is 2.14. The molecule has 0 fully saturated rings. The van der Waals surface area contributed by atoms with Crippen LogP contribution >= 0.6 is 0 Å². The van der Waals surface area contributed by atoms with Gasteiger partial charge in [0, 0.05) is 36.0 Å². The Hall–Kier alpha value is -3.33. The van der Waals surface area contributed by atoms with Crippen LogP contribution in [0.3, 0.4) is 0 Å². The number of H-pyrrole nitrogens is 1. The molecule has 3 nitrogen and oxygen atoms in total. The zero-order valence-corrected chi connectivity index (χ0v) is 17.2. The number of rotatable bonds is 9. The Kier molecular flexibility index (Phi) is 6.61. The molecule has 0 saturated heterocycles. The molecule has 152 valence electrons. The fourth-order valence-corrected chi connectivity index (χ4v) is 4.12. The summed E-state index contributed by atoms with van der Waals surface area (Å²) < 4.78 is 0. The maximum absolute atomic E-state index is 12.4. The summed E-state index contributed by atoms with van der Waals surface area (Å²) in [4.78, 5) is 15.7. The van der Waals surface area contributed by atoms with E-state index in [0.717, 1.165) is 24.8 Å². The second-order valence-corrected chi connectivity index (χ2v) is 7.73. The van der Waals surface area contributed by atoms with Crippen molar-refractivity contribution in [2.75, 3.05) is 6.54 Å². The minimum Gasteiger partial charge on any atom is -0.361 e. The topological polar surface area (TPSA) is 44.9 Å². The van der Waals surface area contributed by atoms with Crippen LogP contribution in [0.15, 0.2) is 91.1 Å². The third kappa shape index (κ3) is 4.98. The van der Waals surface area contributed by atoms with Gasteiger partial charge in [-0.2, -0.15) is 0 Å². The first kappa shape index (κ1) is 20.0. The van der Waals surface area contributed by atoms with Crippen LogP contribution in [-0.4, -0.2) is 17.4 Å². The number of benzene rings is 3.